The van der Waals surface area contributed by atoms with Crippen molar-refractivity contribution in [1.82, 2.24) is 9.88 Å². The molecule has 0 aliphatic carbocycles. The van der Waals surface area contributed by atoms with Crippen molar-refractivity contribution < 1.29 is 12.8 Å². The lowest BCUT2D eigenvalue weighted by Crippen LogP contribution is -2.32. The average molecular weight is 295 g/mol. The van der Waals surface area contributed by atoms with Crippen molar-refractivity contribution in [3.05, 3.63) is 24.1 Å². The summed E-state index contributed by atoms with van der Waals surface area (Å²) in [5.74, 6) is 1.04. The number of nitrogens with two attached hydrogens (primary N) is 1. The number of hydrogen-bond acceptors (Lipinski definition) is 6. The highest BCUT2D eigenvalue weighted by molar-refractivity contribution is 7.91. The van der Waals surface area contributed by atoms with Gasteiger partial charge in [0.15, 0.2) is 15.4 Å². The molecule has 1 aromatic carbocycles. The van der Waals surface area contributed by atoms with Crippen molar-refractivity contribution in [1.29, 1.82) is 0 Å². The van der Waals surface area contributed by atoms with Gasteiger partial charge in [0.1, 0.15) is 5.52 Å². The third-order valence-corrected chi connectivity index (χ3v) is 5.46. The van der Waals surface area contributed by atoms with E-state index in [1.807, 2.05) is 24.1 Å². The van der Waals surface area contributed by atoms with Crippen LogP contribution in [-0.2, 0) is 16.4 Å². The molecule has 1 aliphatic heterocycles. The van der Waals surface area contributed by atoms with Gasteiger partial charge in [0.05, 0.1) is 23.7 Å². The van der Waals surface area contributed by atoms with Gasteiger partial charge in [-0.25, -0.2) is 13.4 Å². The second kappa shape index (κ2) is 4.75. The van der Waals surface area contributed by atoms with Gasteiger partial charge in [0.2, 0.25) is 5.89 Å². The van der Waals surface area contributed by atoms with Gasteiger partial charge in [-0.2, -0.15) is 0 Å². The minimum absolute atomic E-state index is 0.0346. The van der Waals surface area contributed by atoms with Crippen LogP contribution in [-0.4, -0.2) is 42.9 Å². The van der Waals surface area contributed by atoms with E-state index >= 15 is 0 Å². The number of nitrogen functional groups attached to an aromatic ring is 1. The number of oxazole rings is 1. The first kappa shape index (κ1) is 13.4. The third kappa shape index (κ3) is 2.51. The Hall–Kier alpha value is -1.60. The van der Waals surface area contributed by atoms with Crippen molar-refractivity contribution in [2.24, 2.45) is 0 Å². The number of aromatic nitrogens is 1. The summed E-state index contributed by atoms with van der Waals surface area (Å²) < 4.78 is 28.7. The molecule has 108 valence electrons. The zero-order chi connectivity index (χ0) is 14.3. The Morgan fingerprint density at radius 2 is 2.30 bits per heavy atom. The number of sulfone groups is 1. The van der Waals surface area contributed by atoms with E-state index in [1.165, 1.54) is 0 Å². The third-order valence-electron chi connectivity index (χ3n) is 3.71. The van der Waals surface area contributed by atoms with Crippen LogP contribution in [0.4, 0.5) is 5.69 Å². The molecule has 1 atom stereocenters. The van der Waals surface area contributed by atoms with E-state index in [0.29, 0.717) is 35.6 Å². The molecular formula is C13H17N3O3S. The van der Waals surface area contributed by atoms with Gasteiger partial charge in [-0.15, -0.1) is 0 Å². The Morgan fingerprint density at radius 1 is 1.50 bits per heavy atom. The lowest BCUT2D eigenvalue weighted by Gasteiger charge is -2.20. The maximum Gasteiger partial charge on any atom is 0.209 e. The molecule has 0 radical (unpaired) electrons. The maximum atomic E-state index is 11.5. The number of nitrogens with zero attached hydrogens (tertiary/aromatic N) is 2. The summed E-state index contributed by atoms with van der Waals surface area (Å²) in [6.07, 6.45) is 0.668. The summed E-state index contributed by atoms with van der Waals surface area (Å²) >= 11 is 0. The quantitative estimate of drug-likeness (QED) is 0.851. The average Bonchev–Trinajstić information content (AvgIpc) is 2.93. The second-order valence-corrected chi connectivity index (χ2v) is 7.50. The molecule has 6 nitrogen and oxygen atoms in total. The van der Waals surface area contributed by atoms with Crippen LogP contribution in [0.15, 0.2) is 22.6 Å². The van der Waals surface area contributed by atoms with Crippen molar-refractivity contribution in [2.45, 2.75) is 19.0 Å². The van der Waals surface area contributed by atoms with Crippen LogP contribution in [0.5, 0.6) is 0 Å². The molecule has 0 saturated carbocycles. The zero-order valence-electron chi connectivity index (χ0n) is 11.2. The van der Waals surface area contributed by atoms with Gasteiger partial charge in [0, 0.05) is 6.04 Å². The summed E-state index contributed by atoms with van der Waals surface area (Å²) in [5.41, 5.74) is 7.75. The van der Waals surface area contributed by atoms with Gasteiger partial charge in [-0.3, -0.25) is 4.90 Å². The molecule has 1 fully saturated rings. The summed E-state index contributed by atoms with van der Waals surface area (Å²) in [4.78, 5) is 6.35. The minimum Gasteiger partial charge on any atom is -0.439 e. The molecule has 3 rings (SSSR count). The number of hydrogen-bond donors (Lipinski definition) is 1. The minimum atomic E-state index is -2.88. The number of anilines is 1. The number of fused-ring (bicyclic) bond motifs is 1. The van der Waals surface area contributed by atoms with Crippen molar-refractivity contribution in [2.75, 3.05) is 24.3 Å². The van der Waals surface area contributed by atoms with Gasteiger partial charge in [-0.1, -0.05) is 6.07 Å². The van der Waals surface area contributed by atoms with Gasteiger partial charge in [-0.05, 0) is 25.6 Å². The largest absolute Gasteiger partial charge is 0.439 e. The fourth-order valence-corrected chi connectivity index (χ4v) is 4.35. The highest BCUT2D eigenvalue weighted by Crippen LogP contribution is 2.23. The number of benzene rings is 1. The molecule has 1 unspecified atom stereocenters. The number of rotatable bonds is 3. The summed E-state index contributed by atoms with van der Waals surface area (Å²) in [6.45, 7) is 0.480. The summed E-state index contributed by atoms with van der Waals surface area (Å²) in [5, 5.41) is 0. The Morgan fingerprint density at radius 3 is 2.95 bits per heavy atom. The highest BCUT2D eigenvalue weighted by atomic mass is 32.2. The van der Waals surface area contributed by atoms with E-state index in [1.54, 1.807) is 6.07 Å². The lowest BCUT2D eigenvalue weighted by molar-refractivity contribution is 0.231. The standard InChI is InChI=1S/C13H17N3O3S/c1-16(9-5-6-20(17,18)8-9)7-12-15-13-10(14)3-2-4-11(13)19-12/h2-4,9H,5-8,14H2,1H3. The molecule has 0 amide bonds. The normalized spacial score (nSPS) is 21.8. The van der Waals surface area contributed by atoms with E-state index < -0.39 is 9.84 Å². The Labute approximate surface area is 117 Å². The van der Waals surface area contributed by atoms with E-state index in [0.717, 1.165) is 0 Å². The van der Waals surface area contributed by atoms with Gasteiger partial charge < -0.3 is 10.2 Å². The van der Waals surface area contributed by atoms with Crippen LogP contribution in [0.1, 0.15) is 12.3 Å². The number of para-hydroxylation sites is 1. The van der Waals surface area contributed by atoms with Crippen LogP contribution in [0.25, 0.3) is 11.1 Å². The highest BCUT2D eigenvalue weighted by Gasteiger charge is 2.31. The molecular weight excluding hydrogens is 278 g/mol. The molecule has 1 aliphatic rings. The van der Waals surface area contributed by atoms with Crippen LogP contribution in [0.3, 0.4) is 0 Å². The zero-order valence-corrected chi connectivity index (χ0v) is 12.1. The Kier molecular flexibility index (Phi) is 3.18. The first-order chi connectivity index (χ1) is 9.44. The molecule has 0 spiro atoms. The van der Waals surface area contributed by atoms with Crippen LogP contribution < -0.4 is 5.73 Å². The SMILES string of the molecule is CN(Cc1nc2c(N)cccc2o1)C1CCS(=O)(=O)C1. The maximum absolute atomic E-state index is 11.5. The van der Waals surface area contributed by atoms with E-state index in [2.05, 4.69) is 4.98 Å². The van der Waals surface area contributed by atoms with Gasteiger partial charge >= 0.3 is 0 Å². The lowest BCUT2D eigenvalue weighted by atomic mass is 10.2. The fourth-order valence-electron chi connectivity index (χ4n) is 2.55. The van der Waals surface area contributed by atoms with E-state index in [4.69, 9.17) is 10.2 Å². The van der Waals surface area contributed by atoms with Crippen molar-refractivity contribution in [3.8, 4) is 0 Å². The molecule has 2 aromatic rings. The van der Waals surface area contributed by atoms with Crippen LogP contribution in [0.2, 0.25) is 0 Å². The molecule has 1 aromatic heterocycles. The summed E-state index contributed by atoms with van der Waals surface area (Å²) in [6, 6.07) is 5.46. The van der Waals surface area contributed by atoms with E-state index in [-0.39, 0.29) is 17.5 Å². The fraction of sp³-hybridized carbons (Fsp3) is 0.462. The predicted octanol–water partition coefficient (Wildman–Crippen LogP) is 1.03. The van der Waals surface area contributed by atoms with Gasteiger partial charge in [0.25, 0.3) is 0 Å². The second-order valence-electron chi connectivity index (χ2n) is 5.27. The Balaban J connectivity index is 1.78. The molecule has 0 bridgehead atoms. The van der Waals surface area contributed by atoms with Crippen molar-refractivity contribution in [3.63, 3.8) is 0 Å². The molecule has 2 heterocycles. The first-order valence-corrected chi connectivity index (χ1v) is 8.31. The van der Waals surface area contributed by atoms with Crippen LogP contribution >= 0.6 is 0 Å². The first-order valence-electron chi connectivity index (χ1n) is 6.49. The Bertz CT molecular complexity index is 738. The molecule has 1 saturated heterocycles. The monoisotopic (exact) mass is 295 g/mol. The molecule has 20 heavy (non-hydrogen) atoms. The van der Waals surface area contributed by atoms with Crippen molar-refractivity contribution >= 4 is 26.6 Å². The van der Waals surface area contributed by atoms with E-state index in [9.17, 15) is 8.42 Å². The smallest absolute Gasteiger partial charge is 0.209 e. The summed E-state index contributed by atoms with van der Waals surface area (Å²) in [7, 11) is -0.984. The topological polar surface area (TPSA) is 89.4 Å². The molecule has 7 heteroatoms. The predicted molar refractivity (Wildman–Crippen MR) is 76.9 cm³/mol. The van der Waals surface area contributed by atoms with Crippen LogP contribution in [0, 0.1) is 0 Å². The molecule has 2 N–H and O–H groups in total.